The molecule has 4 heterocycles. The maximum atomic E-state index is 4.69. The van der Waals surface area contributed by atoms with E-state index < -0.39 is 0 Å². The largest absolute Gasteiger partial charge is 0.353 e. The summed E-state index contributed by atoms with van der Waals surface area (Å²) in [7, 11) is 2.25. The molecule has 6 heteroatoms. The van der Waals surface area contributed by atoms with Crippen molar-refractivity contribution >= 4 is 5.82 Å². The molecule has 1 aliphatic carbocycles. The van der Waals surface area contributed by atoms with Crippen LogP contribution in [0.15, 0.2) is 36.9 Å². The Morgan fingerprint density at radius 3 is 2.63 bits per heavy atom. The minimum Gasteiger partial charge on any atom is -0.353 e. The average Bonchev–Trinajstić information content (AvgIpc) is 3.14. The zero-order valence-corrected chi connectivity index (χ0v) is 16.1. The Hall–Kier alpha value is -2.05. The van der Waals surface area contributed by atoms with Gasteiger partial charge in [0.25, 0.3) is 0 Å². The number of nitrogens with zero attached hydrogens (tertiary/aromatic N) is 6. The van der Waals surface area contributed by atoms with E-state index in [1.54, 1.807) is 12.4 Å². The van der Waals surface area contributed by atoms with Gasteiger partial charge in [-0.05, 0) is 43.9 Å². The number of aromatic nitrogens is 3. The molecule has 6 nitrogen and oxygen atoms in total. The molecule has 0 amide bonds. The lowest BCUT2D eigenvalue weighted by atomic mass is 9.78. The summed E-state index contributed by atoms with van der Waals surface area (Å²) in [6.45, 7) is 6.94. The van der Waals surface area contributed by atoms with Crippen molar-refractivity contribution in [1.82, 2.24) is 24.8 Å². The second-order valence-electron chi connectivity index (χ2n) is 8.56. The van der Waals surface area contributed by atoms with Crippen molar-refractivity contribution in [3.63, 3.8) is 0 Å². The standard InChI is InChI=1S/C21H28N6/c1-25-15-21(16-25)5-4-17(13-21)26-9-11-27(12-10-26)20-18(3-2-6-24-20)19-14-22-7-8-23-19/h2-3,6-8,14,17H,4-5,9-13,15-16H2,1H3. The Morgan fingerprint density at radius 2 is 1.89 bits per heavy atom. The van der Waals surface area contributed by atoms with E-state index in [2.05, 4.69) is 42.8 Å². The van der Waals surface area contributed by atoms with Gasteiger partial charge in [0.1, 0.15) is 5.82 Å². The highest BCUT2D eigenvalue weighted by Gasteiger charge is 2.48. The van der Waals surface area contributed by atoms with Crippen LogP contribution in [-0.2, 0) is 0 Å². The monoisotopic (exact) mass is 364 g/mol. The molecule has 2 aromatic heterocycles. The predicted octanol–water partition coefficient (Wildman–Crippen LogP) is 2.14. The summed E-state index contributed by atoms with van der Waals surface area (Å²) in [6, 6.07) is 4.87. The number of pyridine rings is 1. The highest BCUT2D eigenvalue weighted by Crippen LogP contribution is 2.46. The molecule has 1 spiro atoms. The van der Waals surface area contributed by atoms with E-state index >= 15 is 0 Å². The first-order valence-corrected chi connectivity index (χ1v) is 10.1. The SMILES string of the molecule is CN1CC2(CCC(N3CCN(c4ncccc4-c4cnccn4)CC3)C2)C1. The fraction of sp³-hybridized carbons (Fsp3) is 0.571. The third-order valence-electron chi connectivity index (χ3n) is 6.64. The highest BCUT2D eigenvalue weighted by molar-refractivity contribution is 5.72. The molecule has 1 unspecified atom stereocenters. The number of rotatable bonds is 3. The molecule has 3 aliphatic rings. The van der Waals surface area contributed by atoms with Crippen molar-refractivity contribution < 1.29 is 0 Å². The fourth-order valence-corrected chi connectivity index (χ4v) is 5.46. The van der Waals surface area contributed by atoms with Crippen molar-refractivity contribution in [2.24, 2.45) is 5.41 Å². The normalized spacial score (nSPS) is 25.7. The maximum Gasteiger partial charge on any atom is 0.138 e. The molecule has 5 rings (SSSR count). The molecule has 142 valence electrons. The molecular weight excluding hydrogens is 336 g/mol. The topological polar surface area (TPSA) is 48.4 Å². The summed E-state index contributed by atoms with van der Waals surface area (Å²) in [6.07, 6.45) is 11.4. The molecule has 1 atom stereocenters. The van der Waals surface area contributed by atoms with E-state index in [1.807, 2.05) is 18.5 Å². The fourth-order valence-electron chi connectivity index (χ4n) is 5.46. The Labute approximate surface area is 161 Å². The van der Waals surface area contributed by atoms with Crippen molar-refractivity contribution in [2.45, 2.75) is 25.3 Å². The Morgan fingerprint density at radius 1 is 1.04 bits per heavy atom. The molecule has 2 aromatic rings. The zero-order chi connectivity index (χ0) is 18.3. The molecule has 0 bridgehead atoms. The molecule has 27 heavy (non-hydrogen) atoms. The van der Waals surface area contributed by atoms with Gasteiger partial charge in [-0.25, -0.2) is 4.98 Å². The van der Waals surface area contributed by atoms with Gasteiger partial charge >= 0.3 is 0 Å². The van der Waals surface area contributed by atoms with Crippen LogP contribution in [0.25, 0.3) is 11.3 Å². The number of hydrogen-bond acceptors (Lipinski definition) is 6. The molecule has 2 saturated heterocycles. The summed E-state index contributed by atoms with van der Waals surface area (Å²) >= 11 is 0. The van der Waals surface area contributed by atoms with Gasteiger partial charge in [0, 0.05) is 69.5 Å². The molecule has 3 fully saturated rings. The molecule has 0 N–H and O–H groups in total. The van der Waals surface area contributed by atoms with Crippen molar-refractivity contribution in [1.29, 1.82) is 0 Å². The first kappa shape index (κ1) is 17.1. The predicted molar refractivity (Wildman–Crippen MR) is 107 cm³/mol. The van der Waals surface area contributed by atoms with Crippen LogP contribution in [0.3, 0.4) is 0 Å². The van der Waals surface area contributed by atoms with E-state index in [1.165, 1.54) is 32.4 Å². The van der Waals surface area contributed by atoms with E-state index in [4.69, 9.17) is 0 Å². The van der Waals surface area contributed by atoms with E-state index in [-0.39, 0.29) is 0 Å². The lowest BCUT2D eigenvalue weighted by molar-refractivity contribution is 0.0204. The molecule has 1 saturated carbocycles. The van der Waals surface area contributed by atoms with Crippen LogP contribution < -0.4 is 4.90 Å². The summed E-state index contributed by atoms with van der Waals surface area (Å²) < 4.78 is 0. The van der Waals surface area contributed by atoms with E-state index in [9.17, 15) is 0 Å². The summed E-state index contributed by atoms with van der Waals surface area (Å²) in [5.74, 6) is 1.04. The molecule has 0 aromatic carbocycles. The lowest BCUT2D eigenvalue weighted by Gasteiger charge is -2.47. The maximum absolute atomic E-state index is 4.69. The Balaban J connectivity index is 1.25. The van der Waals surface area contributed by atoms with Gasteiger partial charge < -0.3 is 9.80 Å². The summed E-state index contributed by atoms with van der Waals surface area (Å²) in [5, 5.41) is 0. The van der Waals surface area contributed by atoms with Crippen LogP contribution in [0.4, 0.5) is 5.82 Å². The molecular formula is C21H28N6. The second kappa shape index (κ2) is 6.84. The first-order chi connectivity index (χ1) is 13.2. The van der Waals surface area contributed by atoms with Crippen LogP contribution in [0.5, 0.6) is 0 Å². The highest BCUT2D eigenvalue weighted by atomic mass is 15.3. The van der Waals surface area contributed by atoms with Gasteiger partial charge in [0.15, 0.2) is 0 Å². The first-order valence-electron chi connectivity index (χ1n) is 10.1. The van der Waals surface area contributed by atoms with Gasteiger partial charge in [0.2, 0.25) is 0 Å². The van der Waals surface area contributed by atoms with E-state index in [0.29, 0.717) is 5.41 Å². The number of piperazine rings is 1. The minimum atomic E-state index is 0.636. The lowest BCUT2D eigenvalue weighted by Crippen LogP contribution is -2.54. The number of likely N-dealkylation sites (tertiary alicyclic amines) is 1. The molecule has 2 aliphatic heterocycles. The van der Waals surface area contributed by atoms with Gasteiger partial charge in [-0.15, -0.1) is 0 Å². The number of anilines is 1. The molecule has 0 radical (unpaired) electrons. The van der Waals surface area contributed by atoms with E-state index in [0.717, 1.165) is 49.3 Å². The van der Waals surface area contributed by atoms with Crippen LogP contribution in [-0.4, -0.2) is 77.1 Å². The van der Waals surface area contributed by atoms with Gasteiger partial charge in [-0.3, -0.25) is 14.9 Å². The third kappa shape index (κ3) is 3.21. The van der Waals surface area contributed by atoms with Crippen LogP contribution in [0.2, 0.25) is 0 Å². The van der Waals surface area contributed by atoms with Gasteiger partial charge in [-0.2, -0.15) is 0 Å². The summed E-state index contributed by atoms with van der Waals surface area (Å²) in [4.78, 5) is 21.0. The van der Waals surface area contributed by atoms with Crippen molar-refractivity contribution in [2.75, 3.05) is 51.2 Å². The second-order valence-corrected chi connectivity index (χ2v) is 8.56. The minimum absolute atomic E-state index is 0.636. The summed E-state index contributed by atoms with van der Waals surface area (Å²) in [5.41, 5.74) is 2.61. The van der Waals surface area contributed by atoms with Crippen molar-refractivity contribution in [3.05, 3.63) is 36.9 Å². The zero-order valence-electron chi connectivity index (χ0n) is 16.1. The van der Waals surface area contributed by atoms with Crippen LogP contribution >= 0.6 is 0 Å². The van der Waals surface area contributed by atoms with Crippen LogP contribution in [0, 0.1) is 5.41 Å². The average molecular weight is 364 g/mol. The van der Waals surface area contributed by atoms with Crippen molar-refractivity contribution in [3.8, 4) is 11.3 Å². The van der Waals surface area contributed by atoms with Gasteiger partial charge in [-0.1, -0.05) is 0 Å². The smallest absolute Gasteiger partial charge is 0.138 e. The Kier molecular flexibility index (Phi) is 4.32. The quantitative estimate of drug-likeness (QED) is 0.832. The third-order valence-corrected chi connectivity index (χ3v) is 6.64. The van der Waals surface area contributed by atoms with Crippen LogP contribution in [0.1, 0.15) is 19.3 Å². The number of hydrogen-bond donors (Lipinski definition) is 0. The Bertz CT molecular complexity index is 780. The van der Waals surface area contributed by atoms with Gasteiger partial charge in [0.05, 0.1) is 11.9 Å².